The quantitative estimate of drug-likeness (QED) is 0.900. The van der Waals surface area contributed by atoms with E-state index in [9.17, 15) is 14.0 Å². The molecule has 0 saturated carbocycles. The number of ether oxygens (including phenoxy) is 1. The highest BCUT2D eigenvalue weighted by Gasteiger charge is 2.46. The van der Waals surface area contributed by atoms with Crippen molar-refractivity contribution in [3.05, 3.63) is 59.9 Å². The van der Waals surface area contributed by atoms with Gasteiger partial charge in [0.15, 0.2) is 0 Å². The van der Waals surface area contributed by atoms with Crippen LogP contribution in [0.5, 0.6) is 5.75 Å². The van der Waals surface area contributed by atoms with Crippen LogP contribution in [0.4, 0.5) is 4.39 Å². The molecular formula is C18H17FN2O4. The second-order valence-corrected chi connectivity index (χ2v) is 5.92. The number of aliphatic carboxylic acids is 1. The average Bonchev–Trinajstić information content (AvgIpc) is 3.04. The number of carboxylic acids is 1. The summed E-state index contributed by atoms with van der Waals surface area (Å²) in [4.78, 5) is 28.7. The summed E-state index contributed by atoms with van der Waals surface area (Å²) >= 11 is 0. The summed E-state index contributed by atoms with van der Waals surface area (Å²) < 4.78 is 19.8. The van der Waals surface area contributed by atoms with Gasteiger partial charge in [0.2, 0.25) is 5.67 Å². The van der Waals surface area contributed by atoms with E-state index in [0.717, 1.165) is 5.56 Å². The molecule has 1 aliphatic rings. The third-order valence-corrected chi connectivity index (χ3v) is 4.10. The van der Waals surface area contributed by atoms with Gasteiger partial charge in [-0.3, -0.25) is 9.78 Å². The van der Waals surface area contributed by atoms with Crippen molar-refractivity contribution in [2.45, 2.75) is 18.7 Å². The lowest BCUT2D eigenvalue weighted by atomic mass is 10.1. The predicted molar refractivity (Wildman–Crippen MR) is 87.0 cm³/mol. The molecule has 0 radical (unpaired) electrons. The number of alkyl halides is 1. The molecule has 7 heteroatoms. The summed E-state index contributed by atoms with van der Waals surface area (Å²) in [5.74, 6) is -1.44. The van der Waals surface area contributed by atoms with Crippen LogP contribution in [0.25, 0.3) is 0 Å². The zero-order chi connectivity index (χ0) is 17.9. The standard InChI is InChI=1S/C18H17FN2O4/c19-18(17(23)24)6-8-21(12-18)16(22)14-4-1-5-15(9-14)25-11-13-3-2-7-20-10-13/h1-5,7,9-10H,6,8,11-12H2,(H,23,24). The number of aromatic nitrogens is 1. The number of hydrogen-bond donors (Lipinski definition) is 1. The van der Waals surface area contributed by atoms with Gasteiger partial charge in [-0.25, -0.2) is 9.18 Å². The van der Waals surface area contributed by atoms with Crippen molar-refractivity contribution in [1.29, 1.82) is 0 Å². The highest BCUT2D eigenvalue weighted by atomic mass is 19.1. The Morgan fingerprint density at radius 2 is 2.16 bits per heavy atom. The molecule has 1 aromatic carbocycles. The first-order valence-electron chi connectivity index (χ1n) is 7.81. The van der Waals surface area contributed by atoms with E-state index in [4.69, 9.17) is 9.84 Å². The largest absolute Gasteiger partial charge is 0.489 e. The van der Waals surface area contributed by atoms with Crippen molar-refractivity contribution < 1.29 is 23.8 Å². The molecule has 6 nitrogen and oxygen atoms in total. The van der Waals surface area contributed by atoms with Crippen LogP contribution in [0.2, 0.25) is 0 Å². The molecule has 3 rings (SSSR count). The number of carboxylic acid groups (broad SMARTS) is 1. The minimum Gasteiger partial charge on any atom is -0.489 e. The summed E-state index contributed by atoms with van der Waals surface area (Å²) in [6.07, 6.45) is 3.15. The van der Waals surface area contributed by atoms with Crippen molar-refractivity contribution >= 4 is 11.9 Å². The van der Waals surface area contributed by atoms with Gasteiger partial charge in [0.1, 0.15) is 12.4 Å². The molecule has 1 saturated heterocycles. The van der Waals surface area contributed by atoms with E-state index in [-0.39, 0.29) is 13.0 Å². The van der Waals surface area contributed by atoms with Crippen LogP contribution in [0, 0.1) is 0 Å². The van der Waals surface area contributed by atoms with Crippen LogP contribution in [0.1, 0.15) is 22.3 Å². The minimum absolute atomic E-state index is 0.0718. The molecule has 1 aromatic heterocycles. The van der Waals surface area contributed by atoms with Gasteiger partial charge in [0.25, 0.3) is 5.91 Å². The fourth-order valence-corrected chi connectivity index (χ4v) is 2.67. The summed E-state index contributed by atoms with van der Waals surface area (Å²) in [5.41, 5.74) is -1.15. The summed E-state index contributed by atoms with van der Waals surface area (Å²) in [6.45, 7) is -0.0634. The molecule has 0 spiro atoms. The number of rotatable bonds is 5. The summed E-state index contributed by atoms with van der Waals surface area (Å²) in [5, 5.41) is 8.93. The van der Waals surface area contributed by atoms with Gasteiger partial charge in [0.05, 0.1) is 6.54 Å². The van der Waals surface area contributed by atoms with Gasteiger partial charge in [-0.15, -0.1) is 0 Å². The second kappa shape index (κ2) is 6.88. The Morgan fingerprint density at radius 1 is 1.32 bits per heavy atom. The van der Waals surface area contributed by atoms with Crippen LogP contribution >= 0.6 is 0 Å². The molecule has 1 amide bonds. The molecule has 1 unspecified atom stereocenters. The highest BCUT2D eigenvalue weighted by Crippen LogP contribution is 2.27. The van der Waals surface area contributed by atoms with Gasteiger partial charge in [-0.1, -0.05) is 12.1 Å². The fourth-order valence-electron chi connectivity index (χ4n) is 2.67. The molecule has 1 atom stereocenters. The maximum absolute atomic E-state index is 14.1. The predicted octanol–water partition coefficient (Wildman–Crippen LogP) is 2.30. The second-order valence-electron chi connectivity index (χ2n) is 5.92. The van der Waals surface area contributed by atoms with Gasteiger partial charge >= 0.3 is 5.97 Å². The third-order valence-electron chi connectivity index (χ3n) is 4.10. The SMILES string of the molecule is O=C(c1cccc(OCc2cccnc2)c1)N1CCC(F)(C(=O)O)C1. The first kappa shape index (κ1) is 16.9. The molecule has 1 fully saturated rings. The van der Waals surface area contributed by atoms with Gasteiger partial charge < -0.3 is 14.7 Å². The lowest BCUT2D eigenvalue weighted by molar-refractivity contribution is -0.149. The maximum atomic E-state index is 14.1. The molecule has 25 heavy (non-hydrogen) atoms. The van der Waals surface area contributed by atoms with Gasteiger partial charge in [-0.05, 0) is 24.3 Å². The smallest absolute Gasteiger partial charge is 0.343 e. The lowest BCUT2D eigenvalue weighted by Crippen LogP contribution is -2.38. The number of carbonyl (C=O) groups is 2. The van der Waals surface area contributed by atoms with E-state index in [1.807, 2.05) is 6.07 Å². The number of likely N-dealkylation sites (tertiary alicyclic amines) is 1. The molecule has 1 aliphatic heterocycles. The van der Waals surface area contributed by atoms with Gasteiger partial charge in [0, 0.05) is 36.5 Å². The van der Waals surface area contributed by atoms with E-state index < -0.39 is 24.1 Å². The van der Waals surface area contributed by atoms with Crippen molar-refractivity contribution in [2.24, 2.45) is 0 Å². The monoisotopic (exact) mass is 344 g/mol. The molecule has 2 heterocycles. The topological polar surface area (TPSA) is 79.7 Å². The normalized spacial score (nSPS) is 19.6. The number of amides is 1. The van der Waals surface area contributed by atoms with Crippen molar-refractivity contribution in [3.8, 4) is 5.75 Å². The van der Waals surface area contributed by atoms with Crippen LogP contribution in [-0.2, 0) is 11.4 Å². The van der Waals surface area contributed by atoms with E-state index in [1.165, 1.54) is 4.90 Å². The third kappa shape index (κ3) is 3.76. The molecule has 0 aliphatic carbocycles. The number of hydrogen-bond acceptors (Lipinski definition) is 4. The van der Waals surface area contributed by atoms with Crippen LogP contribution in [0.3, 0.4) is 0 Å². The molecule has 130 valence electrons. The highest BCUT2D eigenvalue weighted by molar-refractivity contribution is 5.95. The Morgan fingerprint density at radius 3 is 2.84 bits per heavy atom. The Bertz CT molecular complexity index is 784. The number of benzene rings is 1. The zero-order valence-corrected chi connectivity index (χ0v) is 13.4. The van der Waals surface area contributed by atoms with E-state index in [2.05, 4.69) is 4.98 Å². The maximum Gasteiger partial charge on any atom is 0.343 e. The van der Waals surface area contributed by atoms with E-state index in [0.29, 0.717) is 17.9 Å². The average molecular weight is 344 g/mol. The Kier molecular flexibility index (Phi) is 4.65. The molecule has 1 N–H and O–H groups in total. The van der Waals surface area contributed by atoms with Crippen molar-refractivity contribution in [1.82, 2.24) is 9.88 Å². The van der Waals surface area contributed by atoms with E-state index >= 15 is 0 Å². The summed E-state index contributed by atoms with van der Waals surface area (Å²) in [6, 6.07) is 10.2. The summed E-state index contributed by atoms with van der Waals surface area (Å²) in [7, 11) is 0. The first-order valence-corrected chi connectivity index (χ1v) is 7.81. The lowest BCUT2D eigenvalue weighted by Gasteiger charge is -2.18. The molecule has 0 bridgehead atoms. The van der Waals surface area contributed by atoms with E-state index in [1.54, 1.807) is 42.7 Å². The Balaban J connectivity index is 1.67. The minimum atomic E-state index is -2.37. The van der Waals surface area contributed by atoms with Crippen LogP contribution < -0.4 is 4.74 Å². The zero-order valence-electron chi connectivity index (χ0n) is 13.4. The molecular weight excluding hydrogens is 327 g/mol. The first-order chi connectivity index (χ1) is 12.0. The number of halogens is 1. The van der Waals surface area contributed by atoms with Crippen molar-refractivity contribution in [2.75, 3.05) is 13.1 Å². The number of carbonyl (C=O) groups excluding carboxylic acids is 1. The number of pyridine rings is 1. The Labute approximate surface area is 143 Å². The number of nitrogens with zero attached hydrogens (tertiary/aromatic N) is 2. The van der Waals surface area contributed by atoms with Crippen LogP contribution in [-0.4, -0.2) is 45.6 Å². The Hall–Kier alpha value is -2.96. The van der Waals surface area contributed by atoms with Crippen molar-refractivity contribution in [3.63, 3.8) is 0 Å². The molecule has 2 aromatic rings. The van der Waals surface area contributed by atoms with Gasteiger partial charge in [-0.2, -0.15) is 0 Å². The fraction of sp³-hybridized carbons (Fsp3) is 0.278. The van der Waals surface area contributed by atoms with Crippen LogP contribution in [0.15, 0.2) is 48.8 Å².